The molecule has 3 heteroatoms. The lowest BCUT2D eigenvalue weighted by Crippen LogP contribution is -2.39. The van der Waals surface area contributed by atoms with Gasteiger partial charge in [0.05, 0.1) is 0 Å². The Bertz CT molecular complexity index is 348. The number of hydrogen-bond acceptors (Lipinski definition) is 3. The predicted molar refractivity (Wildman–Crippen MR) is 61.2 cm³/mol. The smallest absolute Gasteiger partial charge is 0.0482 e. The Kier molecular flexibility index (Phi) is 3.14. The van der Waals surface area contributed by atoms with E-state index < -0.39 is 0 Å². The Morgan fingerprint density at radius 3 is 3.33 bits per heavy atom. The zero-order chi connectivity index (χ0) is 10.7. The molecule has 0 aliphatic heterocycles. The lowest BCUT2D eigenvalue weighted by Gasteiger charge is -2.21. The van der Waals surface area contributed by atoms with Gasteiger partial charge in [0.15, 0.2) is 0 Å². The maximum Gasteiger partial charge on any atom is 0.0482 e. The fourth-order valence-corrected chi connectivity index (χ4v) is 2.36. The number of pyridine rings is 1. The Morgan fingerprint density at radius 1 is 1.73 bits per heavy atom. The second kappa shape index (κ2) is 4.55. The topological polar surface area (TPSA) is 50.9 Å². The molecule has 15 heavy (non-hydrogen) atoms. The van der Waals surface area contributed by atoms with E-state index in [9.17, 15) is 0 Å². The minimum absolute atomic E-state index is 0.263. The van der Waals surface area contributed by atoms with Crippen LogP contribution in [0.15, 0.2) is 31.0 Å². The summed E-state index contributed by atoms with van der Waals surface area (Å²) in [5.74, 6) is 6.00. The summed E-state index contributed by atoms with van der Waals surface area (Å²) in [5.41, 5.74) is 5.45. The van der Waals surface area contributed by atoms with Crippen LogP contribution in [0.5, 0.6) is 0 Å². The van der Waals surface area contributed by atoms with Crippen molar-refractivity contribution in [1.82, 2.24) is 10.4 Å². The fraction of sp³-hybridized carbons (Fsp3) is 0.417. The fourth-order valence-electron chi connectivity index (χ4n) is 2.36. The van der Waals surface area contributed by atoms with Crippen molar-refractivity contribution < 1.29 is 0 Å². The van der Waals surface area contributed by atoms with E-state index in [1.54, 1.807) is 0 Å². The van der Waals surface area contributed by atoms with Gasteiger partial charge < -0.3 is 0 Å². The quantitative estimate of drug-likeness (QED) is 0.443. The van der Waals surface area contributed by atoms with Crippen LogP contribution < -0.4 is 11.3 Å². The zero-order valence-electron chi connectivity index (χ0n) is 8.82. The third-order valence-electron chi connectivity index (χ3n) is 3.12. The van der Waals surface area contributed by atoms with Gasteiger partial charge in [-0.15, -0.1) is 6.58 Å². The summed E-state index contributed by atoms with van der Waals surface area (Å²) in [5, 5.41) is 0. The van der Waals surface area contributed by atoms with Crippen molar-refractivity contribution in [2.75, 3.05) is 0 Å². The first kappa shape index (κ1) is 10.3. The minimum atomic E-state index is 0.263. The van der Waals surface area contributed by atoms with Gasteiger partial charge in [-0.25, -0.2) is 0 Å². The van der Waals surface area contributed by atoms with E-state index >= 15 is 0 Å². The van der Waals surface area contributed by atoms with Crippen molar-refractivity contribution in [1.29, 1.82) is 0 Å². The van der Waals surface area contributed by atoms with Crippen molar-refractivity contribution >= 4 is 0 Å². The molecule has 1 aromatic rings. The summed E-state index contributed by atoms with van der Waals surface area (Å²) in [4.78, 5) is 4.46. The van der Waals surface area contributed by atoms with Gasteiger partial charge in [0.2, 0.25) is 0 Å². The lowest BCUT2D eigenvalue weighted by atomic mass is 9.95. The summed E-state index contributed by atoms with van der Waals surface area (Å²) in [6.07, 6.45) is 6.90. The number of aryl methyl sites for hydroxylation is 1. The normalized spacial score (nSPS) is 21.0. The molecule has 1 aliphatic rings. The summed E-state index contributed by atoms with van der Waals surface area (Å²) in [6, 6.07) is 4.42. The standard InChI is InChI=1S/C12H17N3/c1-2-4-11(15-13)10-7-6-9-5-3-8-14-12(9)10/h2-3,5,8,10-11,15H,1,4,6-7,13H2. The van der Waals surface area contributed by atoms with Crippen LogP contribution >= 0.6 is 0 Å². The number of hydrazine groups is 1. The summed E-state index contributed by atoms with van der Waals surface area (Å²) in [7, 11) is 0. The Hall–Kier alpha value is -1.19. The molecule has 3 nitrogen and oxygen atoms in total. The van der Waals surface area contributed by atoms with E-state index in [1.165, 1.54) is 11.3 Å². The zero-order valence-corrected chi connectivity index (χ0v) is 8.82. The number of nitrogens with zero attached hydrogens (tertiary/aromatic N) is 1. The summed E-state index contributed by atoms with van der Waals surface area (Å²) in [6.45, 7) is 3.76. The van der Waals surface area contributed by atoms with Crippen molar-refractivity contribution in [3.8, 4) is 0 Å². The molecule has 80 valence electrons. The van der Waals surface area contributed by atoms with Crippen LogP contribution in [0.4, 0.5) is 0 Å². The van der Waals surface area contributed by atoms with E-state index in [2.05, 4.69) is 23.1 Å². The van der Waals surface area contributed by atoms with Crippen molar-refractivity contribution in [3.63, 3.8) is 0 Å². The number of hydrogen-bond donors (Lipinski definition) is 2. The minimum Gasteiger partial charge on any atom is -0.271 e. The SMILES string of the molecule is C=CCC(NN)C1CCc2cccnc21. The van der Waals surface area contributed by atoms with Crippen LogP contribution in [0.1, 0.15) is 30.0 Å². The van der Waals surface area contributed by atoms with Crippen LogP contribution in [0.2, 0.25) is 0 Å². The van der Waals surface area contributed by atoms with E-state index in [1.807, 2.05) is 18.3 Å². The van der Waals surface area contributed by atoms with Crippen molar-refractivity contribution in [3.05, 3.63) is 42.2 Å². The van der Waals surface area contributed by atoms with E-state index in [-0.39, 0.29) is 6.04 Å². The Morgan fingerprint density at radius 2 is 2.60 bits per heavy atom. The van der Waals surface area contributed by atoms with E-state index in [0.29, 0.717) is 5.92 Å². The average Bonchev–Trinajstić information content (AvgIpc) is 2.70. The number of fused-ring (bicyclic) bond motifs is 1. The molecule has 1 aliphatic carbocycles. The monoisotopic (exact) mass is 203 g/mol. The van der Waals surface area contributed by atoms with Gasteiger partial charge >= 0.3 is 0 Å². The molecule has 0 spiro atoms. The number of nitrogens with one attached hydrogen (secondary N) is 1. The maximum atomic E-state index is 5.57. The molecule has 0 radical (unpaired) electrons. The first-order chi connectivity index (χ1) is 7.36. The molecule has 2 unspecified atom stereocenters. The van der Waals surface area contributed by atoms with E-state index in [4.69, 9.17) is 5.84 Å². The molecule has 2 rings (SSSR count). The molecule has 0 bridgehead atoms. The third-order valence-corrected chi connectivity index (χ3v) is 3.12. The van der Waals surface area contributed by atoms with Gasteiger partial charge in [0.1, 0.15) is 0 Å². The van der Waals surface area contributed by atoms with Crippen LogP contribution in [-0.2, 0) is 6.42 Å². The van der Waals surface area contributed by atoms with Crippen LogP contribution in [0.3, 0.4) is 0 Å². The van der Waals surface area contributed by atoms with Gasteiger partial charge in [-0.3, -0.25) is 16.3 Å². The first-order valence-corrected chi connectivity index (χ1v) is 5.37. The molecule has 0 fully saturated rings. The molecule has 1 heterocycles. The molecular formula is C12H17N3. The second-order valence-electron chi connectivity index (χ2n) is 3.99. The summed E-state index contributed by atoms with van der Waals surface area (Å²) < 4.78 is 0. The van der Waals surface area contributed by atoms with Gasteiger partial charge in [-0.05, 0) is 30.9 Å². The highest BCUT2D eigenvalue weighted by molar-refractivity contribution is 5.30. The van der Waals surface area contributed by atoms with Gasteiger partial charge in [0, 0.05) is 23.9 Å². The first-order valence-electron chi connectivity index (χ1n) is 5.37. The Labute approximate surface area is 90.4 Å². The highest BCUT2D eigenvalue weighted by Gasteiger charge is 2.29. The van der Waals surface area contributed by atoms with Gasteiger partial charge in [-0.1, -0.05) is 12.1 Å². The van der Waals surface area contributed by atoms with Gasteiger partial charge in [0.25, 0.3) is 0 Å². The highest BCUT2D eigenvalue weighted by Crippen LogP contribution is 2.34. The largest absolute Gasteiger partial charge is 0.271 e. The van der Waals surface area contributed by atoms with Crippen molar-refractivity contribution in [2.24, 2.45) is 5.84 Å². The highest BCUT2D eigenvalue weighted by atomic mass is 15.2. The predicted octanol–water partition coefficient (Wildman–Crippen LogP) is 1.52. The lowest BCUT2D eigenvalue weighted by molar-refractivity contribution is 0.435. The molecule has 0 saturated heterocycles. The molecule has 0 amide bonds. The van der Waals surface area contributed by atoms with Crippen LogP contribution in [0, 0.1) is 0 Å². The molecule has 0 saturated carbocycles. The molecule has 3 N–H and O–H groups in total. The third kappa shape index (κ3) is 1.94. The number of nitrogens with two attached hydrogens (primary N) is 1. The summed E-state index contributed by atoms with van der Waals surface area (Å²) >= 11 is 0. The molecular weight excluding hydrogens is 186 g/mol. The van der Waals surface area contributed by atoms with Crippen molar-refractivity contribution in [2.45, 2.75) is 31.2 Å². The number of rotatable bonds is 4. The molecule has 0 aromatic carbocycles. The van der Waals surface area contributed by atoms with E-state index in [0.717, 1.165) is 19.3 Å². The molecule has 2 atom stereocenters. The maximum absolute atomic E-state index is 5.57. The van der Waals surface area contributed by atoms with Gasteiger partial charge in [-0.2, -0.15) is 0 Å². The second-order valence-corrected chi connectivity index (χ2v) is 3.99. The Balaban J connectivity index is 2.21. The van der Waals surface area contributed by atoms with Crippen LogP contribution in [0.25, 0.3) is 0 Å². The molecule has 1 aromatic heterocycles. The average molecular weight is 203 g/mol. The number of aromatic nitrogens is 1. The van der Waals surface area contributed by atoms with Crippen LogP contribution in [-0.4, -0.2) is 11.0 Å².